The molecule has 0 spiro atoms. The van der Waals surface area contributed by atoms with Crippen LogP contribution >= 0.6 is 12.6 Å². The highest BCUT2D eigenvalue weighted by Crippen LogP contribution is 2.27. The minimum absolute atomic E-state index is 0.498. The SMILES string of the molecule is CCOc1ccccc1OCC(CC)CS. The van der Waals surface area contributed by atoms with Gasteiger partial charge in [0, 0.05) is 5.92 Å². The average Bonchev–Trinajstić information content (AvgIpc) is 2.33. The van der Waals surface area contributed by atoms with Gasteiger partial charge in [0.2, 0.25) is 0 Å². The van der Waals surface area contributed by atoms with Gasteiger partial charge < -0.3 is 9.47 Å². The first kappa shape index (κ1) is 13.2. The highest BCUT2D eigenvalue weighted by molar-refractivity contribution is 7.80. The number of thiol groups is 1. The van der Waals surface area contributed by atoms with Gasteiger partial charge in [0.05, 0.1) is 13.2 Å². The summed E-state index contributed by atoms with van der Waals surface area (Å²) < 4.78 is 11.3. The molecule has 0 aliphatic carbocycles. The van der Waals surface area contributed by atoms with Gasteiger partial charge in [-0.3, -0.25) is 0 Å². The highest BCUT2D eigenvalue weighted by atomic mass is 32.1. The Morgan fingerprint density at radius 3 is 2.25 bits per heavy atom. The lowest BCUT2D eigenvalue weighted by Gasteiger charge is -2.15. The Bertz CT molecular complexity index is 298. The Morgan fingerprint density at radius 2 is 1.75 bits per heavy atom. The Balaban J connectivity index is 2.58. The monoisotopic (exact) mass is 240 g/mol. The largest absolute Gasteiger partial charge is 0.490 e. The molecule has 2 nitrogen and oxygen atoms in total. The number of benzene rings is 1. The summed E-state index contributed by atoms with van der Waals surface area (Å²) in [4.78, 5) is 0. The van der Waals surface area contributed by atoms with Crippen LogP contribution < -0.4 is 9.47 Å². The summed E-state index contributed by atoms with van der Waals surface area (Å²) in [6.07, 6.45) is 1.08. The van der Waals surface area contributed by atoms with E-state index in [-0.39, 0.29) is 0 Å². The zero-order valence-electron chi connectivity index (χ0n) is 9.98. The lowest BCUT2D eigenvalue weighted by molar-refractivity contribution is 0.240. The van der Waals surface area contributed by atoms with Crippen LogP contribution in [0.4, 0.5) is 0 Å². The fourth-order valence-corrected chi connectivity index (χ4v) is 1.72. The van der Waals surface area contributed by atoms with E-state index in [2.05, 4.69) is 19.6 Å². The minimum atomic E-state index is 0.498. The van der Waals surface area contributed by atoms with Gasteiger partial charge in [-0.25, -0.2) is 0 Å². The Morgan fingerprint density at radius 1 is 1.12 bits per heavy atom. The summed E-state index contributed by atoms with van der Waals surface area (Å²) in [7, 11) is 0. The lowest BCUT2D eigenvalue weighted by Crippen LogP contribution is -2.13. The second-order valence-electron chi connectivity index (χ2n) is 3.65. The van der Waals surface area contributed by atoms with E-state index in [1.165, 1.54) is 0 Å². The first-order valence-electron chi connectivity index (χ1n) is 5.77. The molecule has 0 fully saturated rings. The van der Waals surface area contributed by atoms with E-state index in [0.717, 1.165) is 23.7 Å². The second-order valence-corrected chi connectivity index (χ2v) is 4.01. The normalized spacial score (nSPS) is 12.2. The van der Waals surface area contributed by atoms with E-state index >= 15 is 0 Å². The molecule has 0 aliphatic rings. The van der Waals surface area contributed by atoms with Crippen LogP contribution in [0.5, 0.6) is 11.5 Å². The van der Waals surface area contributed by atoms with Gasteiger partial charge in [-0.2, -0.15) is 12.6 Å². The molecule has 1 rings (SSSR count). The van der Waals surface area contributed by atoms with Crippen LogP contribution in [0.15, 0.2) is 24.3 Å². The van der Waals surface area contributed by atoms with Crippen molar-refractivity contribution in [2.75, 3.05) is 19.0 Å². The molecule has 0 bridgehead atoms. The Hall–Kier alpha value is -0.830. The summed E-state index contributed by atoms with van der Waals surface area (Å²) in [5, 5.41) is 0. The van der Waals surface area contributed by atoms with Crippen molar-refractivity contribution in [2.45, 2.75) is 20.3 Å². The fourth-order valence-electron chi connectivity index (χ4n) is 1.35. The summed E-state index contributed by atoms with van der Waals surface area (Å²) in [6.45, 7) is 5.48. The minimum Gasteiger partial charge on any atom is -0.490 e. The predicted octanol–water partition coefficient (Wildman–Crippen LogP) is 3.42. The molecule has 0 aromatic heterocycles. The maximum atomic E-state index is 5.76. The molecule has 0 aliphatic heterocycles. The first-order valence-corrected chi connectivity index (χ1v) is 6.40. The number of hydrogen-bond acceptors (Lipinski definition) is 3. The summed E-state index contributed by atoms with van der Waals surface area (Å²) in [6, 6.07) is 7.78. The van der Waals surface area contributed by atoms with E-state index in [9.17, 15) is 0 Å². The molecule has 0 radical (unpaired) electrons. The van der Waals surface area contributed by atoms with Crippen molar-refractivity contribution in [2.24, 2.45) is 5.92 Å². The quantitative estimate of drug-likeness (QED) is 0.736. The molecule has 0 saturated carbocycles. The number of ether oxygens (including phenoxy) is 2. The van der Waals surface area contributed by atoms with Crippen molar-refractivity contribution >= 4 is 12.6 Å². The maximum Gasteiger partial charge on any atom is 0.161 e. The number of hydrogen-bond donors (Lipinski definition) is 1. The molecule has 0 N–H and O–H groups in total. The molecule has 3 heteroatoms. The molecule has 0 heterocycles. The summed E-state index contributed by atoms with van der Waals surface area (Å²) >= 11 is 4.30. The van der Waals surface area contributed by atoms with Gasteiger partial charge in [-0.1, -0.05) is 19.1 Å². The topological polar surface area (TPSA) is 18.5 Å². The second kappa shape index (κ2) is 7.44. The Labute approximate surface area is 103 Å². The van der Waals surface area contributed by atoms with Gasteiger partial charge in [-0.15, -0.1) is 0 Å². The molecule has 90 valence electrons. The number of para-hydroxylation sites is 2. The fraction of sp³-hybridized carbons (Fsp3) is 0.538. The zero-order chi connectivity index (χ0) is 11.8. The molecule has 1 unspecified atom stereocenters. The van der Waals surface area contributed by atoms with E-state index < -0.39 is 0 Å². The maximum absolute atomic E-state index is 5.76. The van der Waals surface area contributed by atoms with Crippen LogP contribution in [-0.2, 0) is 0 Å². The zero-order valence-corrected chi connectivity index (χ0v) is 10.9. The van der Waals surface area contributed by atoms with E-state index in [1.807, 2.05) is 31.2 Å². The van der Waals surface area contributed by atoms with Crippen LogP contribution in [0, 0.1) is 5.92 Å². The third-order valence-electron chi connectivity index (χ3n) is 2.46. The molecule has 1 aromatic carbocycles. The van der Waals surface area contributed by atoms with Crippen LogP contribution in [0.1, 0.15) is 20.3 Å². The van der Waals surface area contributed by atoms with Gasteiger partial charge in [0.1, 0.15) is 0 Å². The van der Waals surface area contributed by atoms with Gasteiger partial charge in [0.25, 0.3) is 0 Å². The standard InChI is InChI=1S/C13H20O2S/c1-3-11(10-16)9-15-13-8-6-5-7-12(13)14-4-2/h5-8,11,16H,3-4,9-10H2,1-2H3. The van der Waals surface area contributed by atoms with Crippen LogP contribution in [0.25, 0.3) is 0 Å². The molecular formula is C13H20O2S. The first-order chi connectivity index (χ1) is 7.81. The average molecular weight is 240 g/mol. The molecule has 0 saturated heterocycles. The molecule has 1 atom stereocenters. The van der Waals surface area contributed by atoms with Crippen LogP contribution in [0.2, 0.25) is 0 Å². The van der Waals surface area contributed by atoms with Crippen molar-refractivity contribution in [3.05, 3.63) is 24.3 Å². The summed E-state index contributed by atoms with van der Waals surface area (Å²) in [5.41, 5.74) is 0. The van der Waals surface area contributed by atoms with Crippen molar-refractivity contribution in [1.82, 2.24) is 0 Å². The van der Waals surface area contributed by atoms with E-state index in [4.69, 9.17) is 9.47 Å². The van der Waals surface area contributed by atoms with Gasteiger partial charge in [-0.05, 0) is 31.2 Å². The smallest absolute Gasteiger partial charge is 0.161 e. The van der Waals surface area contributed by atoms with Crippen molar-refractivity contribution < 1.29 is 9.47 Å². The van der Waals surface area contributed by atoms with Gasteiger partial charge >= 0.3 is 0 Å². The molecular weight excluding hydrogens is 220 g/mol. The molecule has 1 aromatic rings. The molecule has 0 amide bonds. The summed E-state index contributed by atoms with van der Waals surface area (Å²) in [5.74, 6) is 2.99. The van der Waals surface area contributed by atoms with E-state index in [0.29, 0.717) is 19.1 Å². The van der Waals surface area contributed by atoms with Crippen molar-refractivity contribution in [3.8, 4) is 11.5 Å². The molecule has 16 heavy (non-hydrogen) atoms. The van der Waals surface area contributed by atoms with Crippen LogP contribution in [0.3, 0.4) is 0 Å². The Kier molecular flexibility index (Phi) is 6.16. The number of rotatable bonds is 7. The van der Waals surface area contributed by atoms with Gasteiger partial charge in [0.15, 0.2) is 11.5 Å². The highest BCUT2D eigenvalue weighted by Gasteiger charge is 2.08. The third kappa shape index (κ3) is 3.97. The third-order valence-corrected chi connectivity index (χ3v) is 2.98. The van der Waals surface area contributed by atoms with Crippen molar-refractivity contribution in [1.29, 1.82) is 0 Å². The van der Waals surface area contributed by atoms with Crippen molar-refractivity contribution in [3.63, 3.8) is 0 Å². The van der Waals surface area contributed by atoms with E-state index in [1.54, 1.807) is 0 Å². The predicted molar refractivity (Wildman–Crippen MR) is 70.7 cm³/mol. The van der Waals surface area contributed by atoms with Crippen LogP contribution in [-0.4, -0.2) is 19.0 Å². The lowest BCUT2D eigenvalue weighted by atomic mass is 10.1.